The average Bonchev–Trinajstić information content (AvgIpc) is 2.28. The van der Waals surface area contributed by atoms with Crippen molar-refractivity contribution in [3.05, 3.63) is 34.3 Å². The first-order valence-corrected chi connectivity index (χ1v) is 6.09. The highest BCUT2D eigenvalue weighted by atomic mass is 35.5. The zero-order chi connectivity index (χ0) is 13.8. The summed E-state index contributed by atoms with van der Waals surface area (Å²) in [6.45, 7) is 1.95. The summed E-state index contributed by atoms with van der Waals surface area (Å²) in [6.07, 6.45) is -2.45. The van der Waals surface area contributed by atoms with Crippen molar-refractivity contribution in [2.45, 2.75) is 38.8 Å². The summed E-state index contributed by atoms with van der Waals surface area (Å²) in [5, 5.41) is 0.202. The van der Waals surface area contributed by atoms with Crippen LogP contribution in [0.1, 0.15) is 37.3 Å². The van der Waals surface area contributed by atoms with Crippen LogP contribution < -0.4 is 0 Å². The molecule has 18 heavy (non-hydrogen) atoms. The van der Waals surface area contributed by atoms with Crippen LogP contribution in [-0.2, 0) is 17.4 Å². The number of hydrogen-bond acceptors (Lipinski definition) is 1. The molecule has 0 amide bonds. The molecule has 0 saturated heterocycles. The first-order chi connectivity index (χ1) is 8.34. The molecule has 0 radical (unpaired) electrons. The van der Waals surface area contributed by atoms with Crippen LogP contribution in [0.5, 0.6) is 0 Å². The van der Waals surface area contributed by atoms with Crippen LogP contribution in [0.2, 0.25) is 5.02 Å². The fourth-order valence-corrected chi connectivity index (χ4v) is 1.75. The molecule has 1 aromatic rings. The van der Waals surface area contributed by atoms with Crippen molar-refractivity contribution in [3.8, 4) is 0 Å². The van der Waals surface area contributed by atoms with Crippen LogP contribution in [0.3, 0.4) is 0 Å². The van der Waals surface area contributed by atoms with Crippen LogP contribution in [0.25, 0.3) is 0 Å². The summed E-state index contributed by atoms with van der Waals surface area (Å²) in [5.74, 6) is -0.0851. The Hall–Kier alpha value is -1.03. The molecule has 0 bridgehead atoms. The fourth-order valence-electron chi connectivity index (χ4n) is 1.56. The Bertz CT molecular complexity index is 427. The van der Waals surface area contributed by atoms with Crippen LogP contribution in [0, 0.1) is 0 Å². The summed E-state index contributed by atoms with van der Waals surface area (Å²) >= 11 is 5.80. The number of hydrogen-bond donors (Lipinski definition) is 0. The van der Waals surface area contributed by atoms with Gasteiger partial charge in [0.15, 0.2) is 0 Å². The maximum atomic E-state index is 12.5. The summed E-state index contributed by atoms with van der Waals surface area (Å²) in [6, 6.07) is 3.06. The molecule has 0 heterocycles. The lowest BCUT2D eigenvalue weighted by atomic mass is 10.0. The van der Waals surface area contributed by atoms with Crippen molar-refractivity contribution in [1.29, 1.82) is 0 Å². The molecule has 0 aliphatic rings. The number of ketones is 1. The minimum atomic E-state index is -4.41. The number of carbonyl (C=O) groups is 1. The third-order valence-electron chi connectivity index (χ3n) is 2.57. The normalized spacial score (nSPS) is 11.6. The van der Waals surface area contributed by atoms with Gasteiger partial charge >= 0.3 is 6.18 Å². The number of halogens is 4. The van der Waals surface area contributed by atoms with Gasteiger partial charge < -0.3 is 0 Å². The van der Waals surface area contributed by atoms with E-state index in [4.69, 9.17) is 11.6 Å². The van der Waals surface area contributed by atoms with E-state index in [0.29, 0.717) is 6.42 Å². The van der Waals surface area contributed by atoms with E-state index in [-0.39, 0.29) is 22.8 Å². The number of carbonyl (C=O) groups excluding carboxylic acids is 1. The van der Waals surface area contributed by atoms with Gasteiger partial charge in [-0.2, -0.15) is 13.2 Å². The number of benzene rings is 1. The van der Waals surface area contributed by atoms with Crippen molar-refractivity contribution in [3.63, 3.8) is 0 Å². The third kappa shape index (κ3) is 4.33. The minimum Gasteiger partial charge on any atom is -0.299 e. The molecule has 0 aliphatic carbocycles. The molecule has 0 atom stereocenters. The quantitative estimate of drug-likeness (QED) is 0.765. The van der Waals surface area contributed by atoms with Gasteiger partial charge in [0.25, 0.3) is 0 Å². The molecule has 0 saturated carbocycles. The fraction of sp³-hybridized carbons (Fsp3) is 0.462. The molecular formula is C13H14ClF3O. The van der Waals surface area contributed by atoms with E-state index in [1.807, 2.05) is 6.92 Å². The highest BCUT2D eigenvalue weighted by Gasteiger charge is 2.31. The molecule has 1 nitrogen and oxygen atoms in total. The number of alkyl halides is 3. The molecule has 5 heteroatoms. The monoisotopic (exact) mass is 278 g/mol. The first-order valence-electron chi connectivity index (χ1n) is 5.72. The summed E-state index contributed by atoms with van der Waals surface area (Å²) in [4.78, 5) is 11.5. The van der Waals surface area contributed by atoms with Gasteiger partial charge in [0, 0.05) is 17.9 Å². The van der Waals surface area contributed by atoms with Crippen LogP contribution >= 0.6 is 11.6 Å². The van der Waals surface area contributed by atoms with Crippen molar-refractivity contribution >= 4 is 17.4 Å². The Morgan fingerprint density at radius 3 is 2.56 bits per heavy atom. The maximum Gasteiger partial charge on any atom is 0.416 e. The summed E-state index contributed by atoms with van der Waals surface area (Å²) < 4.78 is 37.5. The van der Waals surface area contributed by atoms with Crippen molar-refractivity contribution in [1.82, 2.24) is 0 Å². The van der Waals surface area contributed by atoms with Crippen molar-refractivity contribution in [2.75, 3.05) is 0 Å². The van der Waals surface area contributed by atoms with Crippen molar-refractivity contribution in [2.24, 2.45) is 0 Å². The zero-order valence-corrected chi connectivity index (χ0v) is 10.7. The molecule has 1 aromatic carbocycles. The lowest BCUT2D eigenvalue weighted by Crippen LogP contribution is -2.08. The molecule has 0 unspecified atom stereocenters. The molecule has 0 fully saturated rings. The Labute approximate surface area is 109 Å². The lowest BCUT2D eigenvalue weighted by molar-refractivity contribution is -0.137. The van der Waals surface area contributed by atoms with Gasteiger partial charge in [0.05, 0.1) is 5.56 Å². The van der Waals surface area contributed by atoms with Gasteiger partial charge in [0.2, 0.25) is 0 Å². The van der Waals surface area contributed by atoms with Gasteiger partial charge in [-0.25, -0.2) is 0 Å². The van der Waals surface area contributed by atoms with Crippen LogP contribution in [0.4, 0.5) is 13.2 Å². The van der Waals surface area contributed by atoms with E-state index in [1.54, 1.807) is 0 Å². The second-order valence-corrected chi connectivity index (χ2v) is 4.53. The Balaban J connectivity index is 2.85. The van der Waals surface area contributed by atoms with Gasteiger partial charge in [-0.15, -0.1) is 0 Å². The van der Waals surface area contributed by atoms with E-state index < -0.39 is 11.7 Å². The lowest BCUT2D eigenvalue weighted by Gasteiger charge is -2.10. The summed E-state index contributed by atoms with van der Waals surface area (Å²) in [5.41, 5.74) is -0.530. The molecule has 0 N–H and O–H groups in total. The highest BCUT2D eigenvalue weighted by Crippen LogP contribution is 2.32. The topological polar surface area (TPSA) is 17.1 Å². The maximum absolute atomic E-state index is 12.5. The Kier molecular flexibility index (Phi) is 5.20. The van der Waals surface area contributed by atoms with Gasteiger partial charge in [-0.1, -0.05) is 24.9 Å². The van der Waals surface area contributed by atoms with E-state index >= 15 is 0 Å². The predicted octanol–water partition coefficient (Wildman–Crippen LogP) is 4.66. The Morgan fingerprint density at radius 1 is 1.33 bits per heavy atom. The standard InChI is InChI=1S/C13H14ClF3O/c1-2-3-4-11(18)8-9-7-10(13(15,16)17)5-6-12(9)14/h5-7H,2-4,8H2,1H3. The molecule has 100 valence electrons. The van der Waals surface area contributed by atoms with Crippen LogP contribution in [-0.4, -0.2) is 5.78 Å². The minimum absolute atomic E-state index is 0.0389. The molecule has 0 aliphatic heterocycles. The zero-order valence-electron chi connectivity index (χ0n) is 9.98. The van der Waals surface area contributed by atoms with E-state index in [9.17, 15) is 18.0 Å². The van der Waals surface area contributed by atoms with Gasteiger partial charge in [0.1, 0.15) is 5.78 Å². The van der Waals surface area contributed by atoms with E-state index in [2.05, 4.69) is 0 Å². The van der Waals surface area contributed by atoms with Gasteiger partial charge in [-0.05, 0) is 30.2 Å². The second kappa shape index (κ2) is 6.23. The van der Waals surface area contributed by atoms with Crippen LogP contribution in [0.15, 0.2) is 18.2 Å². The smallest absolute Gasteiger partial charge is 0.299 e. The molecule has 0 aromatic heterocycles. The summed E-state index contributed by atoms with van der Waals surface area (Å²) in [7, 11) is 0. The Morgan fingerprint density at radius 2 is 2.00 bits per heavy atom. The molecular weight excluding hydrogens is 265 g/mol. The van der Waals surface area contributed by atoms with E-state index in [1.165, 1.54) is 6.07 Å². The van der Waals surface area contributed by atoms with Crippen molar-refractivity contribution < 1.29 is 18.0 Å². The number of unbranched alkanes of at least 4 members (excludes halogenated alkanes) is 1. The first kappa shape index (κ1) is 15.0. The van der Waals surface area contributed by atoms with Gasteiger partial charge in [-0.3, -0.25) is 4.79 Å². The SMILES string of the molecule is CCCCC(=O)Cc1cc(C(F)(F)F)ccc1Cl. The molecule has 1 rings (SSSR count). The average molecular weight is 279 g/mol. The largest absolute Gasteiger partial charge is 0.416 e. The number of rotatable bonds is 5. The molecule has 0 spiro atoms. The predicted molar refractivity (Wildman–Crippen MR) is 64.7 cm³/mol. The number of Topliss-reactive ketones (excluding diaryl/α,β-unsaturated/α-hetero) is 1. The third-order valence-corrected chi connectivity index (χ3v) is 2.94. The van der Waals surface area contributed by atoms with E-state index in [0.717, 1.165) is 25.0 Å². The highest BCUT2D eigenvalue weighted by molar-refractivity contribution is 6.31. The second-order valence-electron chi connectivity index (χ2n) is 4.12.